The van der Waals surface area contributed by atoms with Gasteiger partial charge in [-0.3, -0.25) is 15.1 Å². The van der Waals surface area contributed by atoms with E-state index in [0.717, 1.165) is 35.5 Å². The normalized spacial score (nSPS) is 12.8. The van der Waals surface area contributed by atoms with Gasteiger partial charge in [0.2, 0.25) is 5.96 Å². The van der Waals surface area contributed by atoms with E-state index < -0.39 is 17.6 Å². The Labute approximate surface area is 207 Å². The molecule has 0 spiro atoms. The molecule has 1 amide bonds. The summed E-state index contributed by atoms with van der Waals surface area (Å²) in [5, 5.41) is 9.31. The molecule has 11 heteroatoms. The molecule has 1 atom stereocenters. The average molecular weight is 500 g/mol. The van der Waals surface area contributed by atoms with Crippen molar-refractivity contribution in [2.24, 2.45) is 22.6 Å². The van der Waals surface area contributed by atoms with Crippen LogP contribution >= 0.6 is 0 Å². The Kier molecular flexibility index (Phi) is 8.49. The summed E-state index contributed by atoms with van der Waals surface area (Å²) >= 11 is 0. The van der Waals surface area contributed by atoms with E-state index in [1.807, 2.05) is 29.8 Å². The number of hydrazine groups is 1. The first kappa shape index (κ1) is 26.5. The molecule has 8 nitrogen and oxygen atoms in total. The Balaban J connectivity index is 1.73. The number of halogens is 3. The van der Waals surface area contributed by atoms with Gasteiger partial charge in [0, 0.05) is 11.9 Å². The van der Waals surface area contributed by atoms with Gasteiger partial charge in [-0.1, -0.05) is 38.1 Å². The predicted octanol–water partition coefficient (Wildman–Crippen LogP) is 4.39. The molecule has 0 saturated heterocycles. The van der Waals surface area contributed by atoms with Gasteiger partial charge in [-0.25, -0.2) is 11.4 Å². The van der Waals surface area contributed by atoms with E-state index in [0.29, 0.717) is 17.0 Å². The molecular weight excluding hydrogens is 471 g/mol. The fourth-order valence-corrected chi connectivity index (χ4v) is 3.57. The lowest BCUT2D eigenvalue weighted by Crippen LogP contribution is -2.39. The van der Waals surface area contributed by atoms with Crippen LogP contribution in [0.15, 0.2) is 72.0 Å². The first-order valence-electron chi connectivity index (χ1n) is 11.2. The third kappa shape index (κ3) is 7.19. The number of nitrogens with two attached hydrogens (primary N) is 2. The molecular formula is C25H28F3N7O. The average Bonchev–Trinajstić information content (AvgIpc) is 2.83. The summed E-state index contributed by atoms with van der Waals surface area (Å²) in [6.45, 7) is 4.19. The molecule has 0 bridgehead atoms. The summed E-state index contributed by atoms with van der Waals surface area (Å²) < 4.78 is 38.5. The van der Waals surface area contributed by atoms with E-state index >= 15 is 0 Å². The topological polar surface area (TPSA) is 130 Å². The van der Waals surface area contributed by atoms with Crippen molar-refractivity contribution in [3.63, 3.8) is 0 Å². The fourth-order valence-electron chi connectivity index (χ4n) is 3.57. The second-order valence-corrected chi connectivity index (χ2v) is 8.53. The largest absolute Gasteiger partial charge is 0.416 e. The van der Waals surface area contributed by atoms with Crippen molar-refractivity contribution in [2.75, 3.05) is 5.32 Å². The number of hydrazone groups is 1. The molecule has 190 valence electrons. The monoisotopic (exact) mass is 499 g/mol. The number of guanidine groups is 1. The lowest BCUT2D eigenvalue weighted by molar-refractivity contribution is -0.137. The van der Waals surface area contributed by atoms with Crippen molar-refractivity contribution in [1.82, 2.24) is 15.8 Å². The smallest absolute Gasteiger partial charge is 0.377 e. The van der Waals surface area contributed by atoms with Crippen molar-refractivity contribution < 1.29 is 18.0 Å². The van der Waals surface area contributed by atoms with Crippen LogP contribution in [0, 0.1) is 5.92 Å². The quantitative estimate of drug-likeness (QED) is 0.135. The highest BCUT2D eigenvalue weighted by Crippen LogP contribution is 2.32. The van der Waals surface area contributed by atoms with E-state index in [1.165, 1.54) is 18.3 Å². The third-order valence-electron chi connectivity index (χ3n) is 5.31. The van der Waals surface area contributed by atoms with Gasteiger partial charge in [-0.15, -0.1) is 5.10 Å². The summed E-state index contributed by atoms with van der Waals surface area (Å²) in [6.07, 6.45) is -2.13. The predicted molar refractivity (Wildman–Crippen MR) is 133 cm³/mol. The minimum absolute atomic E-state index is 0.132. The third-order valence-corrected chi connectivity index (χ3v) is 5.31. The zero-order valence-electron chi connectivity index (χ0n) is 19.8. The molecule has 0 radical (unpaired) electrons. The Hall–Kier alpha value is -4.12. The SMILES string of the molecule is CC(C)CC(Nc1ccc(-c2ccc(C(F)(F)F)cc2)cc1)c1ccc(C(=O)N/C(N)=N/NN)cn1. The minimum atomic E-state index is -4.36. The number of amides is 1. The second-order valence-electron chi connectivity index (χ2n) is 8.53. The van der Waals surface area contributed by atoms with Crippen LogP contribution in [0.25, 0.3) is 11.1 Å². The number of rotatable bonds is 8. The number of anilines is 1. The molecule has 1 unspecified atom stereocenters. The Morgan fingerprint density at radius 2 is 1.61 bits per heavy atom. The minimum Gasteiger partial charge on any atom is -0.377 e. The van der Waals surface area contributed by atoms with Crippen molar-refractivity contribution >= 4 is 17.6 Å². The number of hydrogen-bond acceptors (Lipinski definition) is 6. The standard InChI is InChI=1S/C25H28F3N7O/c1-15(2)13-22(21-12-7-18(14-31-21)23(36)33-24(29)34-35-30)32-20-10-5-17(6-11-20)16-3-8-19(9-4-16)25(26,27)28/h3-12,14-15,22,32,35H,13,30H2,1-2H3,(H3,29,33,34,36). The summed E-state index contributed by atoms with van der Waals surface area (Å²) in [4.78, 5) is 16.7. The van der Waals surface area contributed by atoms with Gasteiger partial charge in [-0.2, -0.15) is 13.2 Å². The zero-order valence-corrected chi connectivity index (χ0v) is 19.8. The molecule has 7 N–H and O–H groups in total. The number of carbonyl (C=O) groups excluding carboxylic acids is 1. The van der Waals surface area contributed by atoms with E-state index in [2.05, 4.69) is 34.6 Å². The number of hydrogen-bond donors (Lipinski definition) is 5. The number of alkyl halides is 3. The van der Waals surface area contributed by atoms with Crippen LogP contribution in [0.3, 0.4) is 0 Å². The van der Waals surface area contributed by atoms with Crippen LogP contribution in [-0.4, -0.2) is 16.9 Å². The summed E-state index contributed by atoms with van der Waals surface area (Å²) in [5.74, 6) is 4.74. The molecule has 0 aliphatic rings. The van der Waals surface area contributed by atoms with Crippen LogP contribution < -0.4 is 27.7 Å². The Morgan fingerprint density at radius 3 is 2.11 bits per heavy atom. The molecule has 2 aromatic carbocycles. The van der Waals surface area contributed by atoms with Gasteiger partial charge in [-0.05, 0) is 59.9 Å². The number of aromatic nitrogens is 1. The lowest BCUT2D eigenvalue weighted by atomic mass is 9.99. The number of pyridine rings is 1. The highest BCUT2D eigenvalue weighted by molar-refractivity contribution is 6.05. The fraction of sp³-hybridized carbons (Fsp3) is 0.240. The summed E-state index contributed by atoms with van der Waals surface area (Å²) in [7, 11) is 0. The molecule has 36 heavy (non-hydrogen) atoms. The zero-order chi connectivity index (χ0) is 26.3. The van der Waals surface area contributed by atoms with Crippen molar-refractivity contribution in [2.45, 2.75) is 32.5 Å². The molecule has 1 heterocycles. The van der Waals surface area contributed by atoms with Crippen LogP contribution in [0.5, 0.6) is 0 Å². The molecule has 0 aliphatic carbocycles. The second kappa shape index (κ2) is 11.5. The van der Waals surface area contributed by atoms with Gasteiger partial charge in [0.15, 0.2) is 0 Å². The summed E-state index contributed by atoms with van der Waals surface area (Å²) in [6, 6.07) is 15.8. The van der Waals surface area contributed by atoms with Gasteiger partial charge >= 0.3 is 6.18 Å². The van der Waals surface area contributed by atoms with E-state index in [1.54, 1.807) is 12.1 Å². The van der Waals surface area contributed by atoms with E-state index in [4.69, 9.17) is 11.6 Å². The Morgan fingerprint density at radius 1 is 1.00 bits per heavy atom. The molecule has 3 rings (SSSR count). The maximum Gasteiger partial charge on any atom is 0.416 e. The Bertz CT molecular complexity index is 1180. The number of nitrogens with zero attached hydrogens (tertiary/aromatic N) is 2. The number of carbonyl (C=O) groups is 1. The highest BCUT2D eigenvalue weighted by Gasteiger charge is 2.30. The molecule has 0 fully saturated rings. The van der Waals surface area contributed by atoms with Crippen LogP contribution in [-0.2, 0) is 6.18 Å². The van der Waals surface area contributed by atoms with Gasteiger partial charge < -0.3 is 11.1 Å². The molecule has 1 aromatic heterocycles. The lowest BCUT2D eigenvalue weighted by Gasteiger charge is -2.22. The maximum absolute atomic E-state index is 12.8. The first-order valence-corrected chi connectivity index (χ1v) is 11.2. The molecule has 0 aliphatic heterocycles. The molecule has 3 aromatic rings. The summed E-state index contributed by atoms with van der Waals surface area (Å²) in [5.41, 5.74) is 10.2. The van der Waals surface area contributed by atoms with Crippen molar-refractivity contribution in [3.8, 4) is 11.1 Å². The van der Waals surface area contributed by atoms with Crippen molar-refractivity contribution in [1.29, 1.82) is 0 Å². The highest BCUT2D eigenvalue weighted by atomic mass is 19.4. The van der Waals surface area contributed by atoms with Gasteiger partial charge in [0.25, 0.3) is 5.91 Å². The van der Waals surface area contributed by atoms with Gasteiger partial charge in [0.1, 0.15) is 0 Å². The van der Waals surface area contributed by atoms with E-state index in [-0.39, 0.29) is 12.0 Å². The van der Waals surface area contributed by atoms with E-state index in [9.17, 15) is 18.0 Å². The number of nitrogens with one attached hydrogen (secondary N) is 3. The number of benzene rings is 2. The van der Waals surface area contributed by atoms with Crippen LogP contribution in [0.1, 0.15) is 47.9 Å². The van der Waals surface area contributed by atoms with Crippen LogP contribution in [0.2, 0.25) is 0 Å². The maximum atomic E-state index is 12.8. The van der Waals surface area contributed by atoms with Crippen molar-refractivity contribution in [3.05, 3.63) is 83.7 Å². The van der Waals surface area contributed by atoms with Gasteiger partial charge in [0.05, 0.1) is 22.9 Å². The first-order chi connectivity index (χ1) is 17.1. The van der Waals surface area contributed by atoms with Crippen LogP contribution in [0.4, 0.5) is 18.9 Å². The molecule has 0 saturated carbocycles.